The molecule has 7 nitrogen and oxygen atoms in total. The minimum Gasteiger partial charge on any atom is -0.464 e. The molecule has 1 unspecified atom stereocenters. The fourth-order valence-electron chi connectivity index (χ4n) is 2.98. The third kappa shape index (κ3) is 2.95. The number of carbonyl (C=O) groups excluding carboxylic acids is 3. The maximum absolute atomic E-state index is 12.3. The summed E-state index contributed by atoms with van der Waals surface area (Å²) >= 11 is 0. The minimum absolute atomic E-state index is 0.0473. The van der Waals surface area contributed by atoms with Crippen LogP contribution in [0.2, 0.25) is 0 Å². The van der Waals surface area contributed by atoms with Gasteiger partial charge in [0.25, 0.3) is 5.91 Å². The van der Waals surface area contributed by atoms with Gasteiger partial charge >= 0.3 is 5.97 Å². The largest absolute Gasteiger partial charge is 0.464 e. The van der Waals surface area contributed by atoms with E-state index in [1.54, 1.807) is 6.92 Å². The molecule has 3 aliphatic rings. The fourth-order valence-corrected chi connectivity index (χ4v) is 2.98. The van der Waals surface area contributed by atoms with E-state index in [4.69, 9.17) is 9.57 Å². The minimum atomic E-state index is -0.703. The molecule has 0 aromatic rings. The highest BCUT2D eigenvalue weighted by Gasteiger charge is 2.54. The fraction of sp³-hybridized carbons (Fsp3) is 0.800. The van der Waals surface area contributed by atoms with Crippen molar-refractivity contribution < 1.29 is 24.0 Å². The SMILES string of the molecule is CCOC(=O)C1CC2(CCC2)ON1C(=O)CNC(=O)C1CC1. The highest BCUT2D eigenvalue weighted by atomic mass is 16.7. The quantitative estimate of drug-likeness (QED) is 0.749. The molecule has 1 N–H and O–H groups in total. The molecular formula is C15H22N2O5. The van der Waals surface area contributed by atoms with Crippen LogP contribution in [0.25, 0.3) is 0 Å². The summed E-state index contributed by atoms with van der Waals surface area (Å²) in [4.78, 5) is 41.8. The third-order valence-electron chi connectivity index (χ3n) is 4.57. The van der Waals surface area contributed by atoms with Gasteiger partial charge in [-0.25, -0.2) is 9.86 Å². The molecule has 3 rings (SSSR count). The third-order valence-corrected chi connectivity index (χ3v) is 4.57. The molecule has 1 heterocycles. The van der Waals surface area contributed by atoms with E-state index in [-0.39, 0.29) is 25.0 Å². The maximum Gasteiger partial charge on any atom is 0.331 e. The molecular weight excluding hydrogens is 288 g/mol. The van der Waals surface area contributed by atoms with Gasteiger partial charge in [-0.3, -0.25) is 14.4 Å². The Morgan fingerprint density at radius 2 is 2.05 bits per heavy atom. The van der Waals surface area contributed by atoms with E-state index >= 15 is 0 Å². The van der Waals surface area contributed by atoms with Crippen molar-refractivity contribution in [1.29, 1.82) is 0 Å². The molecule has 2 amide bonds. The Balaban J connectivity index is 1.61. The summed E-state index contributed by atoms with van der Waals surface area (Å²) in [7, 11) is 0. The molecule has 7 heteroatoms. The van der Waals surface area contributed by atoms with Crippen molar-refractivity contribution in [3.8, 4) is 0 Å². The monoisotopic (exact) mass is 310 g/mol. The number of hydrogen-bond acceptors (Lipinski definition) is 5. The molecule has 0 radical (unpaired) electrons. The van der Waals surface area contributed by atoms with E-state index in [0.717, 1.165) is 37.2 Å². The number of hydrogen-bond donors (Lipinski definition) is 1. The number of amides is 2. The van der Waals surface area contributed by atoms with Crippen LogP contribution in [0.15, 0.2) is 0 Å². The van der Waals surface area contributed by atoms with Gasteiger partial charge in [-0.05, 0) is 39.0 Å². The average Bonchev–Trinajstić information content (AvgIpc) is 3.22. The van der Waals surface area contributed by atoms with Crippen LogP contribution in [0.1, 0.15) is 45.4 Å². The lowest BCUT2D eigenvalue weighted by Gasteiger charge is -2.36. The molecule has 0 aromatic heterocycles. The molecule has 3 fully saturated rings. The molecule has 1 atom stereocenters. The van der Waals surface area contributed by atoms with Gasteiger partial charge in [0.15, 0.2) is 6.04 Å². The number of hydroxylamine groups is 2. The number of nitrogens with zero attached hydrogens (tertiary/aromatic N) is 1. The van der Waals surface area contributed by atoms with Gasteiger partial charge in [-0.2, -0.15) is 0 Å². The van der Waals surface area contributed by atoms with Crippen LogP contribution >= 0.6 is 0 Å². The molecule has 2 saturated carbocycles. The van der Waals surface area contributed by atoms with Gasteiger partial charge in [0, 0.05) is 12.3 Å². The van der Waals surface area contributed by atoms with Crippen molar-refractivity contribution in [2.75, 3.05) is 13.2 Å². The van der Waals surface area contributed by atoms with Crippen LogP contribution in [-0.2, 0) is 24.0 Å². The first kappa shape index (κ1) is 15.3. The van der Waals surface area contributed by atoms with Crippen molar-refractivity contribution in [2.45, 2.75) is 57.1 Å². The van der Waals surface area contributed by atoms with E-state index in [1.165, 1.54) is 0 Å². The van der Waals surface area contributed by atoms with Gasteiger partial charge < -0.3 is 10.1 Å². The predicted molar refractivity (Wildman–Crippen MR) is 75.3 cm³/mol. The van der Waals surface area contributed by atoms with Crippen LogP contribution in [-0.4, -0.2) is 47.6 Å². The van der Waals surface area contributed by atoms with Gasteiger partial charge in [-0.1, -0.05) is 0 Å². The second-order valence-electron chi connectivity index (χ2n) is 6.31. The molecule has 0 aromatic carbocycles. The van der Waals surface area contributed by atoms with E-state index < -0.39 is 23.5 Å². The highest BCUT2D eigenvalue weighted by molar-refractivity contribution is 5.89. The van der Waals surface area contributed by atoms with Crippen molar-refractivity contribution in [1.82, 2.24) is 10.4 Å². The number of nitrogens with one attached hydrogen (secondary N) is 1. The number of esters is 1. The summed E-state index contributed by atoms with van der Waals surface area (Å²) in [6, 6.07) is -0.703. The van der Waals surface area contributed by atoms with Gasteiger partial charge in [0.2, 0.25) is 5.91 Å². The van der Waals surface area contributed by atoms with Gasteiger partial charge in [0.1, 0.15) is 0 Å². The van der Waals surface area contributed by atoms with Crippen molar-refractivity contribution in [3.05, 3.63) is 0 Å². The standard InChI is InChI=1S/C15H22N2O5/c1-2-21-14(20)11-8-15(6-3-7-15)22-17(11)12(18)9-16-13(19)10-4-5-10/h10-11H,2-9H2,1H3,(H,16,19). The lowest BCUT2D eigenvalue weighted by atomic mass is 9.77. The van der Waals surface area contributed by atoms with Crippen LogP contribution < -0.4 is 5.32 Å². The molecule has 2 aliphatic carbocycles. The lowest BCUT2D eigenvalue weighted by molar-refractivity contribution is -0.228. The number of ether oxygens (including phenoxy) is 1. The summed E-state index contributed by atoms with van der Waals surface area (Å²) in [5, 5.41) is 3.74. The summed E-state index contributed by atoms with van der Waals surface area (Å²) in [6.07, 6.45) is 4.98. The Hall–Kier alpha value is -1.63. The normalized spacial score (nSPS) is 25.7. The van der Waals surface area contributed by atoms with Crippen molar-refractivity contribution >= 4 is 17.8 Å². The molecule has 0 bridgehead atoms. The molecule has 1 spiro atoms. The maximum atomic E-state index is 12.3. The Kier molecular flexibility index (Phi) is 4.08. The molecule has 22 heavy (non-hydrogen) atoms. The van der Waals surface area contributed by atoms with Crippen LogP contribution in [0.4, 0.5) is 0 Å². The van der Waals surface area contributed by atoms with Crippen molar-refractivity contribution in [3.63, 3.8) is 0 Å². The summed E-state index contributed by atoms with van der Waals surface area (Å²) in [5.41, 5.74) is -0.395. The van der Waals surface area contributed by atoms with E-state index in [0.29, 0.717) is 6.42 Å². The molecule has 1 aliphatic heterocycles. The summed E-state index contributed by atoms with van der Waals surface area (Å²) in [5.74, 6) is -0.881. The predicted octanol–water partition coefficient (Wildman–Crippen LogP) is 0.531. The van der Waals surface area contributed by atoms with Crippen molar-refractivity contribution in [2.24, 2.45) is 5.92 Å². The lowest BCUT2D eigenvalue weighted by Crippen LogP contribution is -2.46. The molecule has 1 saturated heterocycles. The molecule has 122 valence electrons. The zero-order valence-electron chi connectivity index (χ0n) is 12.8. The van der Waals surface area contributed by atoms with Crippen LogP contribution in [0.3, 0.4) is 0 Å². The summed E-state index contributed by atoms with van der Waals surface area (Å²) in [6.45, 7) is 1.86. The first-order chi connectivity index (χ1) is 10.5. The Morgan fingerprint density at radius 1 is 1.32 bits per heavy atom. The topological polar surface area (TPSA) is 84.9 Å². The van der Waals surface area contributed by atoms with E-state index in [2.05, 4.69) is 5.32 Å². The highest BCUT2D eigenvalue weighted by Crippen LogP contribution is 2.46. The van der Waals surface area contributed by atoms with E-state index in [1.807, 2.05) is 0 Å². The first-order valence-corrected chi connectivity index (χ1v) is 8.00. The zero-order valence-corrected chi connectivity index (χ0v) is 12.8. The van der Waals surface area contributed by atoms with E-state index in [9.17, 15) is 14.4 Å². The zero-order chi connectivity index (χ0) is 15.7. The first-order valence-electron chi connectivity index (χ1n) is 8.00. The Bertz CT molecular complexity index is 484. The number of carbonyl (C=O) groups is 3. The number of rotatable bonds is 5. The van der Waals surface area contributed by atoms with Gasteiger partial charge in [-0.15, -0.1) is 0 Å². The Morgan fingerprint density at radius 3 is 2.59 bits per heavy atom. The van der Waals surface area contributed by atoms with Crippen LogP contribution in [0.5, 0.6) is 0 Å². The smallest absolute Gasteiger partial charge is 0.331 e. The average molecular weight is 310 g/mol. The summed E-state index contributed by atoms with van der Waals surface area (Å²) < 4.78 is 5.04. The second-order valence-corrected chi connectivity index (χ2v) is 6.31. The van der Waals surface area contributed by atoms with Crippen LogP contribution in [0, 0.1) is 5.92 Å². The van der Waals surface area contributed by atoms with Gasteiger partial charge in [0.05, 0.1) is 18.8 Å². The Labute approximate surface area is 129 Å². The second kappa shape index (κ2) is 5.87.